The first-order chi connectivity index (χ1) is 8.28. The van der Waals surface area contributed by atoms with Crippen molar-refractivity contribution in [3.8, 4) is 5.75 Å². The second-order valence-corrected chi connectivity index (χ2v) is 3.52. The molecule has 0 radical (unpaired) electrons. The van der Waals surface area contributed by atoms with Gasteiger partial charge in [0.05, 0.1) is 13.4 Å². The Labute approximate surface area is 99.0 Å². The zero-order valence-electron chi connectivity index (χ0n) is 9.46. The summed E-state index contributed by atoms with van der Waals surface area (Å²) < 4.78 is 6.78. The van der Waals surface area contributed by atoms with Crippen molar-refractivity contribution >= 4 is 11.6 Å². The molecule has 1 aromatic heterocycles. The van der Waals surface area contributed by atoms with E-state index < -0.39 is 0 Å². The average Bonchev–Trinajstić information content (AvgIpc) is 2.82. The lowest BCUT2D eigenvalue weighted by Crippen LogP contribution is -2.17. The molecule has 2 rings (SSSR count). The van der Waals surface area contributed by atoms with E-state index in [0.717, 1.165) is 5.69 Å². The number of hydrogen-bond acceptors (Lipinski definition) is 3. The summed E-state index contributed by atoms with van der Waals surface area (Å²) >= 11 is 0. The van der Waals surface area contributed by atoms with Crippen molar-refractivity contribution in [3.63, 3.8) is 0 Å². The van der Waals surface area contributed by atoms with Gasteiger partial charge in [0, 0.05) is 24.1 Å². The predicted molar refractivity (Wildman–Crippen MR) is 63.9 cm³/mol. The number of amides is 1. The number of nitrogens with zero attached hydrogens (tertiary/aromatic N) is 2. The van der Waals surface area contributed by atoms with Crippen LogP contribution in [-0.2, 0) is 11.3 Å². The Balaban J connectivity index is 1.98. The summed E-state index contributed by atoms with van der Waals surface area (Å²) in [6.45, 7) is 0.247. The van der Waals surface area contributed by atoms with Gasteiger partial charge in [-0.15, -0.1) is 0 Å². The van der Waals surface area contributed by atoms with Gasteiger partial charge in [-0.25, -0.2) is 4.98 Å². The van der Waals surface area contributed by atoms with E-state index in [1.54, 1.807) is 36.5 Å². The van der Waals surface area contributed by atoms with E-state index in [4.69, 9.17) is 4.74 Å². The molecule has 0 spiro atoms. The maximum atomic E-state index is 11.7. The molecule has 0 fully saturated rings. The molecule has 0 aliphatic heterocycles. The van der Waals surface area contributed by atoms with Crippen LogP contribution in [0.25, 0.3) is 0 Å². The van der Waals surface area contributed by atoms with Crippen molar-refractivity contribution in [1.29, 1.82) is 0 Å². The lowest BCUT2D eigenvalue weighted by molar-refractivity contribution is -0.116. The number of hydrogen-bond donors (Lipinski definition) is 1. The number of carbonyl (C=O) groups excluding carboxylic acids is 1. The van der Waals surface area contributed by atoms with Crippen molar-refractivity contribution in [3.05, 3.63) is 43.0 Å². The summed E-state index contributed by atoms with van der Waals surface area (Å²) in [6, 6.07) is 7.23. The van der Waals surface area contributed by atoms with Crippen LogP contribution in [0.2, 0.25) is 0 Å². The van der Waals surface area contributed by atoms with Crippen LogP contribution in [0.15, 0.2) is 43.0 Å². The minimum absolute atomic E-state index is 0.101. The van der Waals surface area contributed by atoms with Gasteiger partial charge in [0.15, 0.2) is 0 Å². The molecule has 5 heteroatoms. The van der Waals surface area contributed by atoms with Crippen LogP contribution in [0.4, 0.5) is 5.69 Å². The minimum atomic E-state index is -0.101. The maximum Gasteiger partial charge on any atom is 0.244 e. The second kappa shape index (κ2) is 5.16. The SMILES string of the molecule is COc1cccc(NC(=O)Cn2ccnc2)c1. The molecule has 1 aromatic carbocycles. The fraction of sp³-hybridized carbons (Fsp3) is 0.167. The lowest BCUT2D eigenvalue weighted by atomic mass is 10.3. The number of nitrogens with one attached hydrogen (secondary N) is 1. The number of anilines is 1. The molecule has 0 saturated carbocycles. The lowest BCUT2D eigenvalue weighted by Gasteiger charge is -2.07. The number of ether oxygens (including phenoxy) is 1. The van der Waals surface area contributed by atoms with E-state index in [9.17, 15) is 4.79 Å². The normalized spacial score (nSPS) is 9.94. The standard InChI is InChI=1S/C12H13N3O2/c1-17-11-4-2-3-10(7-11)14-12(16)8-15-6-5-13-9-15/h2-7,9H,8H2,1H3,(H,14,16). The number of carbonyl (C=O) groups is 1. The molecule has 1 N–H and O–H groups in total. The number of benzene rings is 1. The van der Waals surface area contributed by atoms with Crippen molar-refractivity contribution in [2.45, 2.75) is 6.54 Å². The molecule has 0 atom stereocenters. The first-order valence-electron chi connectivity index (χ1n) is 5.17. The van der Waals surface area contributed by atoms with Crippen LogP contribution in [0.3, 0.4) is 0 Å². The smallest absolute Gasteiger partial charge is 0.244 e. The van der Waals surface area contributed by atoms with Crippen LogP contribution in [0, 0.1) is 0 Å². The first-order valence-corrected chi connectivity index (χ1v) is 5.17. The van der Waals surface area contributed by atoms with Crippen molar-refractivity contribution in [1.82, 2.24) is 9.55 Å². The van der Waals surface area contributed by atoms with Gasteiger partial charge >= 0.3 is 0 Å². The number of aromatic nitrogens is 2. The summed E-state index contributed by atoms with van der Waals surface area (Å²) in [5.41, 5.74) is 0.717. The van der Waals surface area contributed by atoms with E-state index >= 15 is 0 Å². The van der Waals surface area contributed by atoms with E-state index in [1.165, 1.54) is 0 Å². The van der Waals surface area contributed by atoms with Crippen molar-refractivity contribution in [2.24, 2.45) is 0 Å². The van der Waals surface area contributed by atoms with Crippen LogP contribution >= 0.6 is 0 Å². The van der Waals surface area contributed by atoms with Gasteiger partial charge in [0.25, 0.3) is 0 Å². The Bertz CT molecular complexity index is 494. The van der Waals surface area contributed by atoms with Gasteiger partial charge in [-0.1, -0.05) is 6.07 Å². The molecule has 0 bridgehead atoms. The van der Waals surface area contributed by atoms with Gasteiger partial charge in [-0.3, -0.25) is 4.79 Å². The number of imidazole rings is 1. The first kappa shape index (κ1) is 11.2. The molecule has 1 amide bonds. The molecular formula is C12H13N3O2. The predicted octanol–water partition coefficient (Wildman–Crippen LogP) is 1.53. The van der Waals surface area contributed by atoms with Crippen LogP contribution in [0.1, 0.15) is 0 Å². The van der Waals surface area contributed by atoms with Crippen molar-refractivity contribution < 1.29 is 9.53 Å². The molecule has 2 aromatic rings. The Morgan fingerprint density at radius 1 is 1.53 bits per heavy atom. The van der Waals surface area contributed by atoms with E-state index in [1.807, 2.05) is 18.2 Å². The highest BCUT2D eigenvalue weighted by Crippen LogP contribution is 2.16. The van der Waals surface area contributed by atoms with Gasteiger partial charge < -0.3 is 14.6 Å². The van der Waals surface area contributed by atoms with Crippen LogP contribution < -0.4 is 10.1 Å². The zero-order chi connectivity index (χ0) is 12.1. The largest absolute Gasteiger partial charge is 0.497 e. The summed E-state index contributed by atoms with van der Waals surface area (Å²) in [4.78, 5) is 15.6. The summed E-state index contributed by atoms with van der Waals surface area (Å²) in [7, 11) is 1.59. The fourth-order valence-corrected chi connectivity index (χ4v) is 1.45. The topological polar surface area (TPSA) is 56.1 Å². The Morgan fingerprint density at radius 2 is 2.41 bits per heavy atom. The van der Waals surface area contributed by atoms with Crippen LogP contribution in [-0.4, -0.2) is 22.6 Å². The fourth-order valence-electron chi connectivity index (χ4n) is 1.45. The van der Waals surface area contributed by atoms with Crippen LogP contribution in [0.5, 0.6) is 5.75 Å². The van der Waals surface area contributed by atoms with E-state index in [2.05, 4.69) is 10.3 Å². The minimum Gasteiger partial charge on any atom is -0.497 e. The van der Waals surface area contributed by atoms with Gasteiger partial charge in [0.2, 0.25) is 5.91 Å². The third-order valence-electron chi connectivity index (χ3n) is 2.24. The zero-order valence-corrected chi connectivity index (χ0v) is 9.46. The quantitative estimate of drug-likeness (QED) is 0.868. The highest BCUT2D eigenvalue weighted by Gasteiger charge is 2.03. The molecule has 17 heavy (non-hydrogen) atoms. The molecule has 88 valence electrons. The Hall–Kier alpha value is -2.30. The third-order valence-corrected chi connectivity index (χ3v) is 2.24. The molecule has 0 unspecified atom stereocenters. The van der Waals surface area contributed by atoms with Gasteiger partial charge in [-0.2, -0.15) is 0 Å². The van der Waals surface area contributed by atoms with Gasteiger partial charge in [-0.05, 0) is 12.1 Å². The average molecular weight is 231 g/mol. The third kappa shape index (κ3) is 3.07. The highest BCUT2D eigenvalue weighted by atomic mass is 16.5. The summed E-state index contributed by atoms with van der Waals surface area (Å²) in [6.07, 6.45) is 4.98. The summed E-state index contributed by atoms with van der Waals surface area (Å²) in [5, 5.41) is 2.79. The molecule has 0 saturated heterocycles. The molecule has 0 aliphatic rings. The molecule has 0 aliphatic carbocycles. The Kier molecular flexibility index (Phi) is 3.40. The summed E-state index contributed by atoms with van der Waals surface area (Å²) in [5.74, 6) is 0.613. The monoisotopic (exact) mass is 231 g/mol. The number of methoxy groups -OCH3 is 1. The maximum absolute atomic E-state index is 11.7. The van der Waals surface area contributed by atoms with E-state index in [0.29, 0.717) is 5.75 Å². The number of rotatable bonds is 4. The van der Waals surface area contributed by atoms with Crippen molar-refractivity contribution in [2.75, 3.05) is 12.4 Å². The molecule has 5 nitrogen and oxygen atoms in total. The van der Waals surface area contributed by atoms with Gasteiger partial charge in [0.1, 0.15) is 12.3 Å². The second-order valence-electron chi connectivity index (χ2n) is 3.52. The molecular weight excluding hydrogens is 218 g/mol. The van der Waals surface area contributed by atoms with E-state index in [-0.39, 0.29) is 12.5 Å². The molecule has 1 heterocycles. The Morgan fingerprint density at radius 3 is 3.12 bits per heavy atom. The highest BCUT2D eigenvalue weighted by molar-refractivity contribution is 5.90.